The van der Waals surface area contributed by atoms with Crippen LogP contribution in [0.3, 0.4) is 0 Å². The van der Waals surface area contributed by atoms with Crippen molar-refractivity contribution in [3.63, 3.8) is 0 Å². The molecule has 18 heavy (non-hydrogen) atoms. The third-order valence-corrected chi connectivity index (χ3v) is 2.33. The van der Waals surface area contributed by atoms with Gasteiger partial charge in [0.25, 0.3) is 0 Å². The number of rotatable bonds is 6. The molecule has 1 amide bonds. The molecule has 0 radical (unpaired) electrons. The van der Waals surface area contributed by atoms with Crippen molar-refractivity contribution < 1.29 is 9.53 Å². The quantitative estimate of drug-likeness (QED) is 0.727. The molecule has 0 saturated carbocycles. The van der Waals surface area contributed by atoms with Crippen LogP contribution in [0.1, 0.15) is 18.3 Å². The van der Waals surface area contributed by atoms with E-state index in [2.05, 4.69) is 20.6 Å². The lowest BCUT2D eigenvalue weighted by molar-refractivity contribution is -0.121. The van der Waals surface area contributed by atoms with Crippen molar-refractivity contribution in [2.24, 2.45) is 0 Å². The van der Waals surface area contributed by atoms with Gasteiger partial charge in [0.2, 0.25) is 11.9 Å². The Bertz CT molecular complexity index is 389. The molecule has 0 fully saturated rings. The van der Waals surface area contributed by atoms with Crippen LogP contribution in [-0.2, 0) is 9.53 Å². The summed E-state index contributed by atoms with van der Waals surface area (Å²) in [5.74, 6) is 0.372. The first-order valence-electron chi connectivity index (χ1n) is 5.88. The monoisotopic (exact) mass is 252 g/mol. The number of carbonyl (C=O) groups excluding carboxylic acids is 1. The van der Waals surface area contributed by atoms with Gasteiger partial charge in [0, 0.05) is 25.0 Å². The summed E-state index contributed by atoms with van der Waals surface area (Å²) in [4.78, 5) is 20.2. The highest BCUT2D eigenvalue weighted by Crippen LogP contribution is 2.05. The van der Waals surface area contributed by atoms with E-state index < -0.39 is 0 Å². The first-order valence-corrected chi connectivity index (χ1v) is 5.88. The average Bonchev–Trinajstić information content (AvgIpc) is 2.27. The molecule has 1 rings (SSSR count). The summed E-state index contributed by atoms with van der Waals surface area (Å²) in [6, 6.07) is 1.50. The van der Waals surface area contributed by atoms with Crippen molar-refractivity contribution >= 4 is 11.9 Å². The Morgan fingerprint density at radius 2 is 2.00 bits per heavy atom. The van der Waals surface area contributed by atoms with Crippen LogP contribution in [-0.4, -0.2) is 42.2 Å². The molecule has 0 aliphatic carbocycles. The van der Waals surface area contributed by atoms with Crippen molar-refractivity contribution in [1.29, 1.82) is 0 Å². The molecule has 1 aromatic heterocycles. The number of aromatic nitrogens is 2. The van der Waals surface area contributed by atoms with Gasteiger partial charge in [0.1, 0.15) is 6.04 Å². The van der Waals surface area contributed by atoms with Crippen molar-refractivity contribution in [2.75, 3.05) is 25.6 Å². The molecular formula is C12H20N4O2. The Kier molecular flexibility index (Phi) is 5.51. The molecule has 100 valence electrons. The SMILES string of the molecule is COCCNC(=O)C(C)Nc1nc(C)cc(C)n1. The molecule has 6 heteroatoms. The van der Waals surface area contributed by atoms with Crippen molar-refractivity contribution in [1.82, 2.24) is 15.3 Å². The summed E-state index contributed by atoms with van der Waals surface area (Å²) in [5.41, 5.74) is 1.74. The Morgan fingerprint density at radius 3 is 2.56 bits per heavy atom. The lowest BCUT2D eigenvalue weighted by atomic mass is 10.3. The van der Waals surface area contributed by atoms with Gasteiger partial charge in [-0.05, 0) is 26.8 Å². The molecule has 1 aromatic rings. The molecule has 6 nitrogen and oxygen atoms in total. The van der Waals surface area contributed by atoms with Crippen LogP contribution in [0, 0.1) is 13.8 Å². The molecule has 0 aliphatic rings. The Labute approximate surface area is 107 Å². The minimum atomic E-state index is -0.386. The minimum Gasteiger partial charge on any atom is -0.383 e. The van der Waals surface area contributed by atoms with Gasteiger partial charge < -0.3 is 15.4 Å². The average molecular weight is 252 g/mol. The van der Waals surface area contributed by atoms with Gasteiger partial charge in [-0.2, -0.15) is 0 Å². The van der Waals surface area contributed by atoms with Gasteiger partial charge >= 0.3 is 0 Å². The molecule has 1 heterocycles. The predicted octanol–water partition coefficient (Wildman–Crippen LogP) is 0.656. The van der Waals surface area contributed by atoms with Crippen LogP contribution in [0.15, 0.2) is 6.07 Å². The summed E-state index contributed by atoms with van der Waals surface area (Å²) in [5, 5.41) is 5.73. The lowest BCUT2D eigenvalue weighted by Gasteiger charge is -2.14. The van der Waals surface area contributed by atoms with E-state index in [1.807, 2.05) is 19.9 Å². The molecule has 0 saturated heterocycles. The standard InChI is InChI=1S/C12H20N4O2/c1-8-7-9(2)15-12(14-8)16-10(3)11(17)13-5-6-18-4/h7,10H,5-6H2,1-4H3,(H,13,17)(H,14,15,16). The van der Waals surface area contributed by atoms with Gasteiger partial charge in [0.05, 0.1) is 6.61 Å². The lowest BCUT2D eigenvalue weighted by Crippen LogP contribution is -2.39. The second-order valence-corrected chi connectivity index (χ2v) is 4.12. The smallest absolute Gasteiger partial charge is 0.242 e. The van der Waals surface area contributed by atoms with Gasteiger partial charge in [-0.25, -0.2) is 9.97 Å². The number of amides is 1. The molecule has 0 bridgehead atoms. The maximum absolute atomic E-state index is 11.7. The Balaban J connectivity index is 2.52. The van der Waals surface area contributed by atoms with Crippen LogP contribution in [0.5, 0.6) is 0 Å². The largest absolute Gasteiger partial charge is 0.383 e. The molecule has 1 atom stereocenters. The third kappa shape index (κ3) is 4.67. The van der Waals surface area contributed by atoms with E-state index in [0.717, 1.165) is 11.4 Å². The van der Waals surface area contributed by atoms with E-state index in [9.17, 15) is 4.79 Å². The third-order valence-electron chi connectivity index (χ3n) is 2.33. The number of ether oxygens (including phenoxy) is 1. The Morgan fingerprint density at radius 1 is 1.39 bits per heavy atom. The summed E-state index contributed by atoms with van der Waals surface area (Å²) in [6.07, 6.45) is 0. The van der Waals surface area contributed by atoms with E-state index in [4.69, 9.17) is 4.74 Å². The zero-order valence-electron chi connectivity index (χ0n) is 11.3. The number of hydrogen-bond donors (Lipinski definition) is 2. The van der Waals surface area contributed by atoms with Gasteiger partial charge in [-0.1, -0.05) is 0 Å². The summed E-state index contributed by atoms with van der Waals surface area (Å²) in [7, 11) is 1.59. The van der Waals surface area contributed by atoms with E-state index in [1.165, 1.54) is 0 Å². The number of hydrogen-bond acceptors (Lipinski definition) is 5. The van der Waals surface area contributed by atoms with E-state index in [1.54, 1.807) is 14.0 Å². The fourth-order valence-electron chi connectivity index (χ4n) is 1.48. The number of nitrogens with zero attached hydrogens (tertiary/aromatic N) is 2. The number of carbonyl (C=O) groups is 1. The molecule has 0 aliphatic heterocycles. The van der Waals surface area contributed by atoms with Crippen LogP contribution >= 0.6 is 0 Å². The van der Waals surface area contributed by atoms with Gasteiger partial charge in [-0.15, -0.1) is 0 Å². The number of anilines is 1. The molecule has 1 unspecified atom stereocenters. The van der Waals surface area contributed by atoms with E-state index in [0.29, 0.717) is 19.1 Å². The zero-order chi connectivity index (χ0) is 13.5. The van der Waals surface area contributed by atoms with Gasteiger partial charge in [-0.3, -0.25) is 4.79 Å². The Hall–Kier alpha value is -1.69. The second-order valence-electron chi connectivity index (χ2n) is 4.12. The fourth-order valence-corrected chi connectivity index (χ4v) is 1.48. The summed E-state index contributed by atoms with van der Waals surface area (Å²) in [6.45, 7) is 6.54. The highest BCUT2D eigenvalue weighted by Gasteiger charge is 2.13. The first-order chi connectivity index (χ1) is 8.52. The van der Waals surface area contributed by atoms with Crippen LogP contribution in [0.25, 0.3) is 0 Å². The topological polar surface area (TPSA) is 76.1 Å². The van der Waals surface area contributed by atoms with Crippen LogP contribution in [0.4, 0.5) is 5.95 Å². The maximum Gasteiger partial charge on any atom is 0.242 e. The second kappa shape index (κ2) is 6.90. The predicted molar refractivity (Wildman–Crippen MR) is 69.5 cm³/mol. The zero-order valence-corrected chi connectivity index (χ0v) is 11.3. The van der Waals surface area contributed by atoms with Crippen molar-refractivity contribution in [2.45, 2.75) is 26.8 Å². The van der Waals surface area contributed by atoms with Crippen LogP contribution < -0.4 is 10.6 Å². The molecule has 0 spiro atoms. The fraction of sp³-hybridized carbons (Fsp3) is 0.583. The highest BCUT2D eigenvalue weighted by molar-refractivity contribution is 5.83. The molecule has 0 aromatic carbocycles. The van der Waals surface area contributed by atoms with Crippen LogP contribution in [0.2, 0.25) is 0 Å². The molecular weight excluding hydrogens is 232 g/mol. The highest BCUT2D eigenvalue weighted by atomic mass is 16.5. The van der Waals surface area contributed by atoms with E-state index in [-0.39, 0.29) is 11.9 Å². The number of methoxy groups -OCH3 is 1. The molecule has 2 N–H and O–H groups in total. The normalized spacial score (nSPS) is 12.0. The maximum atomic E-state index is 11.7. The number of aryl methyl sites for hydroxylation is 2. The van der Waals surface area contributed by atoms with E-state index >= 15 is 0 Å². The van der Waals surface area contributed by atoms with Crippen molar-refractivity contribution in [3.8, 4) is 0 Å². The van der Waals surface area contributed by atoms with Gasteiger partial charge in [0.15, 0.2) is 0 Å². The minimum absolute atomic E-state index is 0.102. The van der Waals surface area contributed by atoms with Crippen molar-refractivity contribution in [3.05, 3.63) is 17.5 Å². The first kappa shape index (κ1) is 14.4. The summed E-state index contributed by atoms with van der Waals surface area (Å²) >= 11 is 0. The number of nitrogens with one attached hydrogen (secondary N) is 2. The summed E-state index contributed by atoms with van der Waals surface area (Å²) < 4.78 is 4.86.